The first-order valence-electron chi connectivity index (χ1n) is 13.1. The number of hydrogen-bond donors (Lipinski definition) is 4. The van der Waals surface area contributed by atoms with E-state index in [-0.39, 0.29) is 48.6 Å². The molecule has 38 heavy (non-hydrogen) atoms. The summed E-state index contributed by atoms with van der Waals surface area (Å²) in [6.45, 7) is 6.94. The topological polar surface area (TPSA) is 116 Å². The molecule has 4 rings (SSSR count). The fraction of sp³-hybridized carbons (Fsp3) is 0.464. The van der Waals surface area contributed by atoms with Gasteiger partial charge in [0.1, 0.15) is 17.3 Å². The predicted octanol–water partition coefficient (Wildman–Crippen LogP) is 5.68. The van der Waals surface area contributed by atoms with Crippen molar-refractivity contribution >= 4 is 53.3 Å². The summed E-state index contributed by atoms with van der Waals surface area (Å²) in [6, 6.07) is 11.7. The number of halogens is 2. The van der Waals surface area contributed by atoms with E-state index in [0.29, 0.717) is 29.8 Å². The van der Waals surface area contributed by atoms with Crippen molar-refractivity contribution in [3.63, 3.8) is 0 Å². The maximum atomic E-state index is 13.0. The number of rotatable bonds is 9. The first-order valence-corrected chi connectivity index (χ1v) is 13.1. The van der Waals surface area contributed by atoms with Crippen LogP contribution in [0.4, 0.5) is 5.82 Å². The number of nitrogens with one attached hydrogen (secondary N) is 4. The Kier molecular flexibility index (Phi) is 12.2. The maximum Gasteiger partial charge on any atom is 0.289 e. The van der Waals surface area contributed by atoms with E-state index in [4.69, 9.17) is 10.4 Å². The molecule has 1 aromatic carbocycles. The molecule has 0 bridgehead atoms. The van der Waals surface area contributed by atoms with E-state index in [0.717, 1.165) is 55.0 Å². The second-order valence-electron chi connectivity index (χ2n) is 9.69. The zero-order valence-electron chi connectivity index (χ0n) is 22.3. The molecule has 0 aliphatic heterocycles. The van der Waals surface area contributed by atoms with Crippen LogP contribution < -0.4 is 16.0 Å². The second kappa shape index (κ2) is 14.8. The van der Waals surface area contributed by atoms with Gasteiger partial charge in [-0.15, -0.1) is 24.8 Å². The van der Waals surface area contributed by atoms with Crippen LogP contribution in [0.3, 0.4) is 0 Å². The number of anilines is 1. The zero-order chi connectivity index (χ0) is 25.5. The number of carbonyl (C=O) groups excluding carboxylic acids is 1. The van der Waals surface area contributed by atoms with Gasteiger partial charge in [0.2, 0.25) is 5.82 Å². The third-order valence-electron chi connectivity index (χ3n) is 7.10. The molecule has 1 saturated carbocycles. The monoisotopic (exact) mass is 559 g/mol. The van der Waals surface area contributed by atoms with Crippen LogP contribution in [0, 0.1) is 18.3 Å². The summed E-state index contributed by atoms with van der Waals surface area (Å²) in [5.74, 6) is 1.36. The first kappa shape index (κ1) is 31.2. The zero-order valence-corrected chi connectivity index (χ0v) is 23.9. The van der Waals surface area contributed by atoms with E-state index in [9.17, 15) is 4.79 Å². The maximum absolute atomic E-state index is 13.0. The van der Waals surface area contributed by atoms with Gasteiger partial charge in [0.25, 0.3) is 5.91 Å². The molecule has 1 amide bonds. The molecule has 4 N–H and O–H groups in total. The fourth-order valence-electron chi connectivity index (χ4n) is 4.77. The number of aromatic nitrogens is 3. The Morgan fingerprint density at radius 2 is 1.79 bits per heavy atom. The van der Waals surface area contributed by atoms with Crippen LogP contribution in [-0.2, 0) is 0 Å². The van der Waals surface area contributed by atoms with Crippen molar-refractivity contribution in [3.8, 4) is 0 Å². The van der Waals surface area contributed by atoms with Gasteiger partial charge in [-0.1, -0.05) is 57.2 Å². The average Bonchev–Trinajstić information content (AvgIpc) is 2.90. The number of amides is 1. The summed E-state index contributed by atoms with van der Waals surface area (Å²) in [6.07, 6.45) is 7.82. The summed E-state index contributed by atoms with van der Waals surface area (Å²) in [5, 5.41) is 19.5. The van der Waals surface area contributed by atoms with Gasteiger partial charge in [-0.2, -0.15) is 0 Å². The molecule has 10 heteroatoms. The first-order chi connectivity index (χ1) is 17.5. The van der Waals surface area contributed by atoms with Crippen LogP contribution >= 0.6 is 24.8 Å². The molecule has 2 aromatic heterocycles. The molecule has 2 atom stereocenters. The Bertz CT molecular complexity index is 1200. The van der Waals surface area contributed by atoms with E-state index in [1.807, 2.05) is 37.3 Å². The fourth-order valence-corrected chi connectivity index (χ4v) is 4.77. The molecule has 1 fully saturated rings. The normalized spacial score (nSPS) is 16.7. The Hall–Kier alpha value is -2.97. The Balaban J connectivity index is 0.00000253. The number of amidine groups is 1. The average molecular weight is 561 g/mol. The minimum Gasteiger partial charge on any atom is -0.365 e. The van der Waals surface area contributed by atoms with Crippen molar-refractivity contribution in [2.75, 3.05) is 11.9 Å². The summed E-state index contributed by atoms with van der Waals surface area (Å²) in [4.78, 5) is 26.6. The molecule has 0 spiro atoms. The van der Waals surface area contributed by atoms with Gasteiger partial charge in [-0.25, -0.2) is 9.97 Å². The number of fused-ring (bicyclic) bond motifs is 1. The van der Waals surface area contributed by atoms with Gasteiger partial charge in [0.05, 0.1) is 5.52 Å². The molecular weight excluding hydrogens is 521 g/mol. The lowest BCUT2D eigenvalue weighted by Crippen LogP contribution is -2.49. The Labute approximate surface area is 237 Å². The molecule has 206 valence electrons. The third kappa shape index (κ3) is 7.77. The highest BCUT2D eigenvalue weighted by Gasteiger charge is 2.27. The van der Waals surface area contributed by atoms with Crippen molar-refractivity contribution in [1.29, 1.82) is 5.41 Å². The van der Waals surface area contributed by atoms with Gasteiger partial charge in [-0.05, 0) is 49.9 Å². The number of carbonyl (C=O) groups is 1. The molecule has 8 nitrogen and oxygen atoms in total. The van der Waals surface area contributed by atoms with E-state index in [2.05, 4.69) is 45.8 Å². The lowest BCUT2D eigenvalue weighted by atomic mass is 9.90. The Morgan fingerprint density at radius 3 is 2.47 bits per heavy atom. The summed E-state index contributed by atoms with van der Waals surface area (Å²) in [7, 11) is 0. The molecular formula is C28H39Cl2N7O. The van der Waals surface area contributed by atoms with Crippen LogP contribution in [0.15, 0.2) is 42.6 Å². The molecule has 3 aromatic rings. The van der Waals surface area contributed by atoms with Gasteiger partial charge < -0.3 is 16.0 Å². The van der Waals surface area contributed by atoms with E-state index < -0.39 is 0 Å². The van der Waals surface area contributed by atoms with Gasteiger partial charge in [-0.3, -0.25) is 15.2 Å². The minimum absolute atomic E-state index is 0. The Morgan fingerprint density at radius 1 is 1.05 bits per heavy atom. The van der Waals surface area contributed by atoms with Crippen molar-refractivity contribution in [3.05, 3.63) is 59.7 Å². The van der Waals surface area contributed by atoms with Crippen molar-refractivity contribution in [2.24, 2.45) is 5.92 Å². The largest absolute Gasteiger partial charge is 0.365 e. The molecule has 0 saturated heterocycles. The highest BCUT2D eigenvalue weighted by atomic mass is 35.5. The quantitative estimate of drug-likeness (QED) is 0.198. The molecule has 0 unspecified atom stereocenters. The summed E-state index contributed by atoms with van der Waals surface area (Å²) >= 11 is 0. The van der Waals surface area contributed by atoms with Crippen LogP contribution in [0.1, 0.15) is 74.2 Å². The smallest absolute Gasteiger partial charge is 0.289 e. The van der Waals surface area contributed by atoms with Crippen LogP contribution in [-0.4, -0.2) is 45.3 Å². The highest BCUT2D eigenvalue weighted by Crippen LogP contribution is 2.27. The number of pyridine rings is 1. The second-order valence-corrected chi connectivity index (χ2v) is 9.69. The van der Waals surface area contributed by atoms with E-state index >= 15 is 0 Å². The van der Waals surface area contributed by atoms with E-state index in [1.165, 1.54) is 0 Å². The molecule has 2 heterocycles. The van der Waals surface area contributed by atoms with E-state index in [1.54, 1.807) is 6.20 Å². The molecule has 1 aliphatic carbocycles. The summed E-state index contributed by atoms with van der Waals surface area (Å²) in [5.41, 5.74) is 2.48. The predicted molar refractivity (Wildman–Crippen MR) is 159 cm³/mol. The SMILES string of the molecule is CCC(CC)CNC(=O)c1nc(N[C@H]2CCCC[C@H]2NC(=N)c2ccccn2)c2cc(C)ccc2n1.Cl.Cl. The molecule has 1 aliphatic rings. The molecule has 0 radical (unpaired) electrons. The standard InChI is InChI=1S/C28H37N7O.2ClH/c1-4-19(5-2)17-31-28(36)27-33-21-14-13-18(3)16-20(21)26(35-27)34-23-11-7-6-10-22(23)32-25(29)24-12-8-9-15-30-24;;/h8-9,12-16,19,22-23H,4-7,10-11,17H2,1-3H3,(H2,29,32)(H,31,36)(H,33,34,35);2*1H/t22-,23+;;/m1../s1. The van der Waals surface area contributed by atoms with Crippen molar-refractivity contribution in [2.45, 2.75) is 71.4 Å². The van der Waals surface area contributed by atoms with Crippen LogP contribution in [0.5, 0.6) is 0 Å². The lowest BCUT2D eigenvalue weighted by Gasteiger charge is -2.34. The number of aryl methyl sites for hydroxylation is 1. The van der Waals surface area contributed by atoms with Gasteiger partial charge >= 0.3 is 0 Å². The lowest BCUT2D eigenvalue weighted by molar-refractivity contribution is 0.0936. The van der Waals surface area contributed by atoms with Gasteiger partial charge in [0.15, 0.2) is 0 Å². The number of nitrogens with zero attached hydrogens (tertiary/aromatic N) is 3. The number of benzene rings is 1. The van der Waals surface area contributed by atoms with Crippen molar-refractivity contribution < 1.29 is 4.79 Å². The highest BCUT2D eigenvalue weighted by molar-refractivity contribution is 5.97. The van der Waals surface area contributed by atoms with Gasteiger partial charge in [0, 0.05) is 30.2 Å². The minimum atomic E-state index is -0.248. The number of hydrogen-bond acceptors (Lipinski definition) is 6. The van der Waals surface area contributed by atoms with Crippen LogP contribution in [0.2, 0.25) is 0 Å². The van der Waals surface area contributed by atoms with Crippen LogP contribution in [0.25, 0.3) is 10.9 Å². The summed E-state index contributed by atoms with van der Waals surface area (Å²) < 4.78 is 0. The third-order valence-corrected chi connectivity index (χ3v) is 7.10. The van der Waals surface area contributed by atoms with Crippen molar-refractivity contribution in [1.82, 2.24) is 25.6 Å².